The van der Waals surface area contributed by atoms with Crippen LogP contribution in [-0.4, -0.2) is 17.0 Å². The number of nitrogens with one attached hydrogen (secondary N) is 1. The first kappa shape index (κ1) is 13.7. The maximum Gasteiger partial charge on any atom is 0.318 e. The number of rotatable bonds is 5. The zero-order valence-corrected chi connectivity index (χ0v) is 12.0. The van der Waals surface area contributed by atoms with E-state index in [1.165, 1.54) is 5.56 Å². The summed E-state index contributed by atoms with van der Waals surface area (Å²) in [6.45, 7) is 1.27. The van der Waals surface area contributed by atoms with Gasteiger partial charge in [-0.25, -0.2) is 4.79 Å². The Morgan fingerprint density at radius 3 is 2.10 bits per heavy atom. The van der Waals surface area contributed by atoms with Crippen LogP contribution in [0.25, 0.3) is 0 Å². The van der Waals surface area contributed by atoms with Crippen LogP contribution in [0.1, 0.15) is 24.0 Å². The molecule has 3 heteroatoms. The molecule has 1 aliphatic carbocycles. The van der Waals surface area contributed by atoms with E-state index in [1.54, 1.807) is 0 Å². The largest absolute Gasteiger partial charge is 0.334 e. The molecule has 0 bridgehead atoms. The van der Waals surface area contributed by atoms with Gasteiger partial charge >= 0.3 is 6.03 Å². The van der Waals surface area contributed by atoms with Crippen molar-refractivity contribution in [2.75, 3.05) is 0 Å². The zero-order chi connectivity index (χ0) is 14.5. The molecule has 0 saturated heterocycles. The number of hydrogen-bond acceptors (Lipinski definition) is 1. The fourth-order valence-corrected chi connectivity index (χ4v) is 2.41. The number of carbonyl (C=O) groups is 1. The summed E-state index contributed by atoms with van der Waals surface area (Å²) in [6, 6.07) is 20.6. The Bertz CT molecular complexity index is 579. The van der Waals surface area contributed by atoms with Crippen molar-refractivity contribution in [3.8, 4) is 0 Å². The molecule has 0 heterocycles. The minimum atomic E-state index is 0.0326. The molecule has 0 aliphatic heterocycles. The summed E-state index contributed by atoms with van der Waals surface area (Å²) in [4.78, 5) is 14.4. The van der Waals surface area contributed by atoms with Crippen LogP contribution < -0.4 is 5.32 Å². The van der Waals surface area contributed by atoms with E-state index in [1.807, 2.05) is 53.4 Å². The van der Waals surface area contributed by atoms with Gasteiger partial charge in [-0.2, -0.15) is 0 Å². The first-order valence-corrected chi connectivity index (χ1v) is 7.45. The van der Waals surface area contributed by atoms with Crippen molar-refractivity contribution < 1.29 is 4.79 Å². The monoisotopic (exact) mass is 280 g/mol. The predicted octanol–water partition coefficient (Wildman–Crippen LogP) is 3.56. The third-order valence-electron chi connectivity index (χ3n) is 3.73. The normalized spacial score (nSPS) is 13.7. The Kier molecular flexibility index (Phi) is 4.20. The second kappa shape index (κ2) is 6.44. The molecule has 1 aliphatic rings. The van der Waals surface area contributed by atoms with Gasteiger partial charge in [0, 0.05) is 19.1 Å². The first-order chi connectivity index (χ1) is 10.3. The van der Waals surface area contributed by atoms with Crippen LogP contribution in [0.2, 0.25) is 0 Å². The zero-order valence-electron chi connectivity index (χ0n) is 12.0. The minimum Gasteiger partial charge on any atom is -0.334 e. The number of carbonyl (C=O) groups excluding carboxylic acids is 1. The van der Waals surface area contributed by atoms with Crippen molar-refractivity contribution in [1.29, 1.82) is 0 Å². The molecular formula is C18H20N2O. The van der Waals surface area contributed by atoms with E-state index in [0.717, 1.165) is 18.4 Å². The number of amides is 2. The minimum absolute atomic E-state index is 0.0326. The summed E-state index contributed by atoms with van der Waals surface area (Å²) in [5.74, 6) is 0. The van der Waals surface area contributed by atoms with Gasteiger partial charge in [-0.15, -0.1) is 0 Å². The molecule has 1 fully saturated rings. The fourth-order valence-electron chi connectivity index (χ4n) is 2.41. The average Bonchev–Trinajstić information content (AvgIpc) is 3.37. The molecule has 1 saturated carbocycles. The number of urea groups is 1. The highest BCUT2D eigenvalue weighted by atomic mass is 16.2. The number of hydrogen-bond donors (Lipinski definition) is 1. The van der Waals surface area contributed by atoms with Crippen LogP contribution in [0, 0.1) is 0 Å². The molecule has 2 amide bonds. The summed E-state index contributed by atoms with van der Waals surface area (Å²) in [7, 11) is 0. The van der Waals surface area contributed by atoms with Crippen molar-refractivity contribution >= 4 is 6.03 Å². The summed E-state index contributed by atoms with van der Waals surface area (Å²) in [5, 5.41) is 3.03. The van der Waals surface area contributed by atoms with Crippen LogP contribution >= 0.6 is 0 Å². The van der Waals surface area contributed by atoms with Gasteiger partial charge in [0.2, 0.25) is 0 Å². The second-order valence-corrected chi connectivity index (χ2v) is 5.49. The van der Waals surface area contributed by atoms with Crippen molar-refractivity contribution in [2.45, 2.75) is 32.0 Å². The lowest BCUT2D eigenvalue weighted by molar-refractivity contribution is 0.191. The molecule has 0 atom stereocenters. The Morgan fingerprint density at radius 2 is 1.52 bits per heavy atom. The Balaban J connectivity index is 1.60. The van der Waals surface area contributed by atoms with Gasteiger partial charge in [-0.3, -0.25) is 0 Å². The summed E-state index contributed by atoms with van der Waals surface area (Å²) < 4.78 is 0. The average molecular weight is 280 g/mol. The highest BCUT2D eigenvalue weighted by Gasteiger charge is 2.32. The van der Waals surface area contributed by atoms with E-state index < -0.39 is 0 Å². The molecule has 3 nitrogen and oxygen atoms in total. The Morgan fingerprint density at radius 1 is 0.952 bits per heavy atom. The van der Waals surface area contributed by atoms with Gasteiger partial charge < -0.3 is 10.2 Å². The maximum atomic E-state index is 12.4. The van der Waals surface area contributed by atoms with Crippen LogP contribution in [0.5, 0.6) is 0 Å². The first-order valence-electron chi connectivity index (χ1n) is 7.45. The molecule has 21 heavy (non-hydrogen) atoms. The lowest BCUT2D eigenvalue weighted by Crippen LogP contribution is -2.40. The third kappa shape index (κ3) is 3.85. The van der Waals surface area contributed by atoms with E-state index in [0.29, 0.717) is 19.1 Å². The van der Waals surface area contributed by atoms with E-state index in [4.69, 9.17) is 0 Å². The quantitative estimate of drug-likeness (QED) is 0.892. The van der Waals surface area contributed by atoms with Gasteiger partial charge in [0.15, 0.2) is 0 Å². The molecule has 0 spiro atoms. The van der Waals surface area contributed by atoms with E-state index in [9.17, 15) is 4.79 Å². The topological polar surface area (TPSA) is 32.3 Å². The van der Waals surface area contributed by atoms with Crippen molar-refractivity contribution in [2.24, 2.45) is 0 Å². The van der Waals surface area contributed by atoms with E-state index in [-0.39, 0.29) is 6.03 Å². The van der Waals surface area contributed by atoms with Crippen LogP contribution in [0.4, 0.5) is 4.79 Å². The molecule has 2 aromatic carbocycles. The molecule has 1 N–H and O–H groups in total. The lowest BCUT2D eigenvalue weighted by Gasteiger charge is -2.23. The number of nitrogens with zero attached hydrogens (tertiary/aromatic N) is 1. The molecular weight excluding hydrogens is 260 g/mol. The van der Waals surface area contributed by atoms with Crippen molar-refractivity contribution in [1.82, 2.24) is 10.2 Å². The lowest BCUT2D eigenvalue weighted by atomic mass is 10.2. The van der Waals surface area contributed by atoms with Crippen molar-refractivity contribution in [3.05, 3.63) is 71.8 Å². The summed E-state index contributed by atoms with van der Waals surface area (Å²) in [5.41, 5.74) is 2.31. The molecule has 3 rings (SSSR count). The highest BCUT2D eigenvalue weighted by molar-refractivity contribution is 5.75. The summed E-state index contributed by atoms with van der Waals surface area (Å²) in [6.07, 6.45) is 2.23. The molecule has 2 aromatic rings. The third-order valence-corrected chi connectivity index (χ3v) is 3.73. The van der Waals surface area contributed by atoms with Gasteiger partial charge in [0.05, 0.1) is 0 Å². The fraction of sp³-hybridized carbons (Fsp3) is 0.278. The molecule has 0 aromatic heterocycles. The SMILES string of the molecule is O=C(NCc1ccccc1)N(Cc1ccccc1)C1CC1. The smallest absolute Gasteiger partial charge is 0.318 e. The molecule has 0 unspecified atom stereocenters. The van der Waals surface area contributed by atoms with E-state index in [2.05, 4.69) is 17.4 Å². The molecule has 0 radical (unpaired) electrons. The van der Waals surface area contributed by atoms with Crippen molar-refractivity contribution in [3.63, 3.8) is 0 Å². The molecule has 108 valence electrons. The van der Waals surface area contributed by atoms with Gasteiger partial charge in [0.1, 0.15) is 0 Å². The predicted molar refractivity (Wildman–Crippen MR) is 83.7 cm³/mol. The standard InChI is InChI=1S/C18H20N2O/c21-18(19-13-15-7-3-1-4-8-15)20(17-11-12-17)14-16-9-5-2-6-10-16/h1-10,17H,11-14H2,(H,19,21). The number of benzene rings is 2. The highest BCUT2D eigenvalue weighted by Crippen LogP contribution is 2.28. The van der Waals surface area contributed by atoms with Crippen LogP contribution in [0.15, 0.2) is 60.7 Å². The van der Waals surface area contributed by atoms with E-state index >= 15 is 0 Å². The summed E-state index contributed by atoms with van der Waals surface area (Å²) >= 11 is 0. The van der Waals surface area contributed by atoms with Gasteiger partial charge in [0.25, 0.3) is 0 Å². The van der Waals surface area contributed by atoms with Gasteiger partial charge in [-0.1, -0.05) is 60.7 Å². The van der Waals surface area contributed by atoms with Gasteiger partial charge in [-0.05, 0) is 24.0 Å². The second-order valence-electron chi connectivity index (χ2n) is 5.49. The van der Waals surface area contributed by atoms with Crippen LogP contribution in [0.3, 0.4) is 0 Å². The van der Waals surface area contributed by atoms with Crippen LogP contribution in [-0.2, 0) is 13.1 Å². The Labute approximate surface area is 125 Å². The maximum absolute atomic E-state index is 12.4. The Hall–Kier alpha value is -2.29.